The summed E-state index contributed by atoms with van der Waals surface area (Å²) in [4.78, 5) is 23.6. The third kappa shape index (κ3) is 6.12. The van der Waals surface area contributed by atoms with Crippen molar-refractivity contribution in [1.29, 1.82) is 0 Å². The Morgan fingerprint density at radius 3 is 2.42 bits per heavy atom. The topological polar surface area (TPSA) is 79.5 Å². The number of carbonyl (C=O) groups is 2. The Balaban J connectivity index is 1.85. The molecule has 0 aliphatic heterocycles. The van der Waals surface area contributed by atoms with E-state index in [0.29, 0.717) is 23.8 Å². The van der Waals surface area contributed by atoms with Gasteiger partial charge in [-0.25, -0.2) is 0 Å². The minimum atomic E-state index is -0.175. The van der Waals surface area contributed by atoms with Crippen LogP contribution in [-0.2, 0) is 4.79 Å². The second-order valence-electron chi connectivity index (χ2n) is 6.29. The fourth-order valence-corrected chi connectivity index (χ4v) is 2.20. The van der Waals surface area contributed by atoms with Crippen LogP contribution in [0.1, 0.15) is 24.2 Å². The predicted octanol–water partition coefficient (Wildman–Crippen LogP) is 3.13. The maximum atomic E-state index is 12.1. The van der Waals surface area contributed by atoms with E-state index in [9.17, 15) is 9.59 Å². The van der Waals surface area contributed by atoms with Crippen molar-refractivity contribution in [2.75, 3.05) is 30.8 Å². The maximum Gasteiger partial charge on any atom is 0.251 e. The second kappa shape index (κ2) is 9.46. The molecule has 6 nitrogen and oxygen atoms in total. The Morgan fingerprint density at radius 2 is 1.77 bits per heavy atom. The molecule has 0 atom stereocenters. The first-order valence-electron chi connectivity index (χ1n) is 8.56. The van der Waals surface area contributed by atoms with Crippen LogP contribution in [0.15, 0.2) is 48.5 Å². The van der Waals surface area contributed by atoms with Crippen molar-refractivity contribution in [3.63, 3.8) is 0 Å². The SMILES string of the molecule is CNC(=O)c1ccc(NC(=O)CNc2cccc(OCC(C)C)c2)cc1. The van der Waals surface area contributed by atoms with Gasteiger partial charge in [0.25, 0.3) is 5.91 Å². The molecule has 0 saturated carbocycles. The van der Waals surface area contributed by atoms with Crippen LogP contribution < -0.4 is 20.7 Å². The van der Waals surface area contributed by atoms with Crippen molar-refractivity contribution >= 4 is 23.2 Å². The van der Waals surface area contributed by atoms with E-state index in [1.54, 1.807) is 31.3 Å². The quantitative estimate of drug-likeness (QED) is 0.680. The average molecular weight is 355 g/mol. The number of hydrogen-bond donors (Lipinski definition) is 3. The summed E-state index contributed by atoms with van der Waals surface area (Å²) in [6.07, 6.45) is 0. The highest BCUT2D eigenvalue weighted by Gasteiger charge is 2.06. The Bertz CT molecular complexity index is 742. The minimum Gasteiger partial charge on any atom is -0.493 e. The third-order valence-electron chi connectivity index (χ3n) is 3.53. The fraction of sp³-hybridized carbons (Fsp3) is 0.300. The first-order chi connectivity index (χ1) is 12.5. The van der Waals surface area contributed by atoms with E-state index in [0.717, 1.165) is 11.4 Å². The van der Waals surface area contributed by atoms with E-state index in [1.807, 2.05) is 24.3 Å². The lowest BCUT2D eigenvalue weighted by Gasteiger charge is -2.11. The Labute approximate surface area is 153 Å². The number of ether oxygens (including phenoxy) is 1. The number of benzene rings is 2. The first kappa shape index (κ1) is 19.3. The van der Waals surface area contributed by atoms with Crippen LogP contribution in [0.5, 0.6) is 5.75 Å². The monoisotopic (exact) mass is 355 g/mol. The van der Waals surface area contributed by atoms with Gasteiger partial charge in [-0.15, -0.1) is 0 Å². The Kier molecular flexibility index (Phi) is 7.02. The first-order valence-corrected chi connectivity index (χ1v) is 8.56. The lowest BCUT2D eigenvalue weighted by molar-refractivity contribution is -0.114. The summed E-state index contributed by atoms with van der Waals surface area (Å²) < 4.78 is 5.68. The molecule has 3 N–H and O–H groups in total. The van der Waals surface area contributed by atoms with E-state index in [4.69, 9.17) is 4.74 Å². The molecule has 0 spiro atoms. The lowest BCUT2D eigenvalue weighted by Crippen LogP contribution is -2.22. The summed E-state index contributed by atoms with van der Waals surface area (Å²) in [5.41, 5.74) is 2.00. The van der Waals surface area contributed by atoms with Crippen LogP contribution in [0, 0.1) is 5.92 Å². The van der Waals surface area contributed by atoms with E-state index < -0.39 is 0 Å². The van der Waals surface area contributed by atoms with Gasteiger partial charge in [0.05, 0.1) is 13.2 Å². The average Bonchev–Trinajstić information content (AvgIpc) is 2.65. The van der Waals surface area contributed by atoms with Crippen LogP contribution in [0.3, 0.4) is 0 Å². The number of carbonyl (C=O) groups excluding carboxylic acids is 2. The number of amides is 2. The standard InChI is InChI=1S/C20H25N3O3/c1-14(2)13-26-18-6-4-5-17(11-18)22-12-19(24)23-16-9-7-15(8-10-16)20(25)21-3/h4-11,14,22H,12-13H2,1-3H3,(H,21,25)(H,23,24). The molecule has 2 rings (SSSR count). The van der Waals surface area contributed by atoms with Gasteiger partial charge >= 0.3 is 0 Å². The van der Waals surface area contributed by atoms with Gasteiger partial charge in [-0.2, -0.15) is 0 Å². The van der Waals surface area contributed by atoms with Gasteiger partial charge in [0.15, 0.2) is 0 Å². The van der Waals surface area contributed by atoms with Crippen molar-refractivity contribution in [2.24, 2.45) is 5.92 Å². The van der Waals surface area contributed by atoms with Crippen LogP contribution in [0.25, 0.3) is 0 Å². The van der Waals surface area contributed by atoms with Crippen molar-refractivity contribution < 1.29 is 14.3 Å². The van der Waals surface area contributed by atoms with Crippen molar-refractivity contribution in [3.05, 3.63) is 54.1 Å². The summed E-state index contributed by atoms with van der Waals surface area (Å²) >= 11 is 0. The Morgan fingerprint density at radius 1 is 1.04 bits per heavy atom. The molecule has 2 aromatic rings. The molecule has 0 unspecified atom stereocenters. The molecule has 0 saturated heterocycles. The van der Waals surface area contributed by atoms with Gasteiger partial charge in [0.2, 0.25) is 5.91 Å². The number of rotatable bonds is 8. The van der Waals surface area contributed by atoms with E-state index >= 15 is 0 Å². The molecule has 6 heteroatoms. The van der Waals surface area contributed by atoms with Gasteiger partial charge in [0, 0.05) is 30.1 Å². The molecule has 0 fully saturated rings. The molecule has 2 aromatic carbocycles. The summed E-state index contributed by atoms with van der Waals surface area (Å²) in [6, 6.07) is 14.2. The normalized spacial score (nSPS) is 10.3. The van der Waals surface area contributed by atoms with Crippen LogP contribution in [-0.4, -0.2) is 32.0 Å². The smallest absolute Gasteiger partial charge is 0.251 e. The van der Waals surface area contributed by atoms with Crippen molar-refractivity contribution in [1.82, 2.24) is 5.32 Å². The van der Waals surface area contributed by atoms with Crippen LogP contribution >= 0.6 is 0 Å². The zero-order valence-corrected chi connectivity index (χ0v) is 15.3. The number of hydrogen-bond acceptors (Lipinski definition) is 4. The van der Waals surface area contributed by atoms with Gasteiger partial charge in [-0.05, 0) is 42.3 Å². The molecule has 26 heavy (non-hydrogen) atoms. The highest BCUT2D eigenvalue weighted by atomic mass is 16.5. The second-order valence-corrected chi connectivity index (χ2v) is 6.29. The lowest BCUT2D eigenvalue weighted by atomic mass is 10.2. The minimum absolute atomic E-state index is 0.130. The predicted molar refractivity (Wildman–Crippen MR) is 104 cm³/mol. The molecule has 0 aromatic heterocycles. The van der Waals surface area contributed by atoms with E-state index in [2.05, 4.69) is 29.8 Å². The molecular formula is C20H25N3O3. The summed E-state index contributed by atoms with van der Waals surface area (Å²) in [6.45, 7) is 4.96. The Hall–Kier alpha value is -3.02. The van der Waals surface area contributed by atoms with E-state index in [1.165, 1.54) is 0 Å². The fourth-order valence-electron chi connectivity index (χ4n) is 2.20. The molecular weight excluding hydrogens is 330 g/mol. The molecule has 0 aliphatic rings. The summed E-state index contributed by atoms with van der Waals surface area (Å²) in [7, 11) is 1.58. The molecule has 0 heterocycles. The summed E-state index contributed by atoms with van der Waals surface area (Å²) in [5, 5.41) is 8.41. The molecule has 0 bridgehead atoms. The van der Waals surface area contributed by atoms with Gasteiger partial charge in [-0.3, -0.25) is 9.59 Å². The largest absolute Gasteiger partial charge is 0.493 e. The van der Waals surface area contributed by atoms with Crippen LogP contribution in [0.2, 0.25) is 0 Å². The van der Waals surface area contributed by atoms with Gasteiger partial charge in [-0.1, -0.05) is 19.9 Å². The van der Waals surface area contributed by atoms with Crippen molar-refractivity contribution in [3.8, 4) is 5.75 Å². The molecule has 2 amide bonds. The zero-order valence-electron chi connectivity index (χ0n) is 15.3. The van der Waals surface area contributed by atoms with Gasteiger partial charge in [0.1, 0.15) is 5.75 Å². The third-order valence-corrected chi connectivity index (χ3v) is 3.53. The molecule has 0 radical (unpaired) electrons. The summed E-state index contributed by atoms with van der Waals surface area (Å²) in [5.74, 6) is 0.886. The van der Waals surface area contributed by atoms with Crippen molar-refractivity contribution in [2.45, 2.75) is 13.8 Å². The van der Waals surface area contributed by atoms with Crippen LogP contribution in [0.4, 0.5) is 11.4 Å². The highest BCUT2D eigenvalue weighted by molar-refractivity contribution is 5.96. The number of nitrogens with one attached hydrogen (secondary N) is 3. The van der Waals surface area contributed by atoms with E-state index in [-0.39, 0.29) is 18.4 Å². The number of anilines is 2. The van der Waals surface area contributed by atoms with Gasteiger partial charge < -0.3 is 20.7 Å². The molecule has 138 valence electrons. The maximum absolute atomic E-state index is 12.1. The highest BCUT2D eigenvalue weighted by Crippen LogP contribution is 2.18. The zero-order chi connectivity index (χ0) is 18.9. The molecule has 0 aliphatic carbocycles.